The molecule has 24 heavy (non-hydrogen) atoms. The van der Waals surface area contributed by atoms with Crippen molar-refractivity contribution in [2.24, 2.45) is 0 Å². The van der Waals surface area contributed by atoms with Crippen LogP contribution in [-0.2, 0) is 0 Å². The molecule has 1 aromatic carbocycles. The van der Waals surface area contributed by atoms with E-state index in [4.69, 9.17) is 21.1 Å². The number of methoxy groups -OCH3 is 1. The Balaban J connectivity index is 1.66. The van der Waals surface area contributed by atoms with Gasteiger partial charge in [-0.25, -0.2) is 0 Å². The van der Waals surface area contributed by atoms with E-state index in [1.54, 1.807) is 35.4 Å². The Hall–Kier alpha value is -2.34. The van der Waals surface area contributed by atoms with E-state index in [1.165, 1.54) is 13.3 Å². The fourth-order valence-electron chi connectivity index (χ4n) is 2.68. The first-order valence-corrected chi connectivity index (χ1v) is 8.11. The van der Waals surface area contributed by atoms with Crippen LogP contribution in [0.25, 0.3) is 0 Å². The fraction of sp³-hybridized carbons (Fsp3) is 0.353. The van der Waals surface area contributed by atoms with Gasteiger partial charge >= 0.3 is 0 Å². The van der Waals surface area contributed by atoms with Gasteiger partial charge in [-0.3, -0.25) is 9.78 Å². The van der Waals surface area contributed by atoms with E-state index in [0.29, 0.717) is 35.4 Å². The van der Waals surface area contributed by atoms with Crippen molar-refractivity contribution < 1.29 is 14.3 Å². The van der Waals surface area contributed by atoms with Crippen molar-refractivity contribution in [3.05, 3.63) is 47.2 Å². The summed E-state index contributed by atoms with van der Waals surface area (Å²) in [6.45, 7) is 1.21. The molecule has 1 amide bonds. The first-order valence-electron chi connectivity index (χ1n) is 7.73. The molecular weight excluding hydrogens is 330 g/mol. The smallest absolute Gasteiger partial charge is 0.254 e. The summed E-state index contributed by atoms with van der Waals surface area (Å²) in [4.78, 5) is 22.6. The number of carbonyl (C=O) groups excluding carboxylic acids is 1. The van der Waals surface area contributed by atoms with Gasteiger partial charge in [-0.15, -0.1) is 0 Å². The third kappa shape index (κ3) is 3.94. The van der Waals surface area contributed by atoms with Crippen LogP contribution in [0.5, 0.6) is 11.8 Å². The van der Waals surface area contributed by atoms with Crippen molar-refractivity contribution >= 4 is 17.5 Å². The molecule has 1 fully saturated rings. The number of piperidine rings is 1. The van der Waals surface area contributed by atoms with Crippen molar-refractivity contribution in [3.8, 4) is 11.8 Å². The molecular formula is C17H18ClN3O3. The van der Waals surface area contributed by atoms with Crippen molar-refractivity contribution in [2.75, 3.05) is 20.2 Å². The number of amides is 1. The first-order chi connectivity index (χ1) is 11.7. The van der Waals surface area contributed by atoms with Crippen LogP contribution in [-0.4, -0.2) is 47.1 Å². The molecule has 2 aromatic rings. The van der Waals surface area contributed by atoms with Gasteiger partial charge in [-0.1, -0.05) is 17.7 Å². The summed E-state index contributed by atoms with van der Waals surface area (Å²) in [5.41, 5.74) is 0.587. The molecule has 1 aliphatic heterocycles. The lowest BCUT2D eigenvalue weighted by atomic mass is 10.1. The Morgan fingerprint density at radius 1 is 1.33 bits per heavy atom. The lowest BCUT2D eigenvalue weighted by molar-refractivity contribution is 0.0525. The highest BCUT2D eigenvalue weighted by molar-refractivity contribution is 6.30. The number of nitrogens with zero attached hydrogens (tertiary/aromatic N) is 3. The molecule has 1 aliphatic rings. The Kier molecular flexibility index (Phi) is 5.15. The number of aromatic nitrogens is 2. The second kappa shape index (κ2) is 7.49. The Bertz CT molecular complexity index is 726. The maximum Gasteiger partial charge on any atom is 0.254 e. The lowest BCUT2D eigenvalue weighted by Crippen LogP contribution is -2.44. The van der Waals surface area contributed by atoms with Crippen LogP contribution >= 0.6 is 11.6 Å². The molecule has 1 unspecified atom stereocenters. The number of likely N-dealkylation sites (tertiary alicyclic amines) is 1. The summed E-state index contributed by atoms with van der Waals surface area (Å²) >= 11 is 5.97. The summed E-state index contributed by atoms with van der Waals surface area (Å²) < 4.78 is 10.9. The van der Waals surface area contributed by atoms with Crippen molar-refractivity contribution in [1.82, 2.24) is 14.9 Å². The van der Waals surface area contributed by atoms with E-state index < -0.39 is 0 Å². The molecule has 0 N–H and O–H groups in total. The number of hydrogen-bond donors (Lipinski definition) is 0. The monoisotopic (exact) mass is 347 g/mol. The zero-order chi connectivity index (χ0) is 16.9. The average molecular weight is 348 g/mol. The SMILES string of the molecule is COc1cncc(OC2CCCN(C(=O)c3cccc(Cl)c3)C2)n1. The van der Waals surface area contributed by atoms with Crippen LogP contribution in [0.15, 0.2) is 36.7 Å². The van der Waals surface area contributed by atoms with Crippen LogP contribution in [0.1, 0.15) is 23.2 Å². The second-order valence-electron chi connectivity index (χ2n) is 5.54. The third-order valence-electron chi connectivity index (χ3n) is 3.82. The van der Waals surface area contributed by atoms with Crippen molar-refractivity contribution in [3.63, 3.8) is 0 Å². The number of ether oxygens (including phenoxy) is 2. The summed E-state index contributed by atoms with van der Waals surface area (Å²) in [5, 5.41) is 0.553. The van der Waals surface area contributed by atoms with Crippen LogP contribution in [0.4, 0.5) is 0 Å². The van der Waals surface area contributed by atoms with Gasteiger partial charge in [0.25, 0.3) is 5.91 Å². The van der Waals surface area contributed by atoms with E-state index in [9.17, 15) is 4.79 Å². The molecule has 0 saturated carbocycles. The zero-order valence-corrected chi connectivity index (χ0v) is 14.1. The van der Waals surface area contributed by atoms with E-state index in [-0.39, 0.29) is 12.0 Å². The molecule has 1 aromatic heterocycles. The van der Waals surface area contributed by atoms with Crippen LogP contribution in [0.2, 0.25) is 5.02 Å². The summed E-state index contributed by atoms with van der Waals surface area (Å²) in [6.07, 6.45) is 4.67. The summed E-state index contributed by atoms with van der Waals surface area (Å²) in [7, 11) is 1.53. The normalized spacial score (nSPS) is 17.4. The minimum Gasteiger partial charge on any atom is -0.480 e. The Morgan fingerprint density at radius 3 is 2.96 bits per heavy atom. The average Bonchev–Trinajstić information content (AvgIpc) is 2.61. The summed E-state index contributed by atoms with van der Waals surface area (Å²) in [5.74, 6) is 0.758. The van der Waals surface area contributed by atoms with Crippen LogP contribution < -0.4 is 9.47 Å². The summed E-state index contributed by atoms with van der Waals surface area (Å²) in [6, 6.07) is 6.98. The largest absolute Gasteiger partial charge is 0.480 e. The number of benzene rings is 1. The molecule has 6 nitrogen and oxygen atoms in total. The Morgan fingerprint density at radius 2 is 2.17 bits per heavy atom. The van der Waals surface area contributed by atoms with Gasteiger partial charge < -0.3 is 14.4 Å². The predicted octanol–water partition coefficient (Wildman–Crippen LogP) is 2.82. The van der Waals surface area contributed by atoms with Gasteiger partial charge in [0.1, 0.15) is 6.10 Å². The number of carbonyl (C=O) groups is 1. The second-order valence-corrected chi connectivity index (χ2v) is 5.98. The van der Waals surface area contributed by atoms with Crippen LogP contribution in [0, 0.1) is 0 Å². The lowest BCUT2D eigenvalue weighted by Gasteiger charge is -2.32. The van der Waals surface area contributed by atoms with E-state index in [1.807, 2.05) is 0 Å². The predicted molar refractivity (Wildman–Crippen MR) is 89.6 cm³/mol. The molecule has 3 rings (SSSR count). The zero-order valence-electron chi connectivity index (χ0n) is 13.3. The minimum absolute atomic E-state index is 0.0393. The number of hydrogen-bond acceptors (Lipinski definition) is 5. The van der Waals surface area contributed by atoms with Gasteiger partial charge in [0.2, 0.25) is 11.8 Å². The topological polar surface area (TPSA) is 64.6 Å². The van der Waals surface area contributed by atoms with Gasteiger partial charge in [-0.05, 0) is 31.0 Å². The molecule has 2 heterocycles. The quantitative estimate of drug-likeness (QED) is 0.851. The van der Waals surface area contributed by atoms with Gasteiger partial charge in [0.05, 0.1) is 26.0 Å². The first kappa shape index (κ1) is 16.5. The number of rotatable bonds is 4. The minimum atomic E-state index is -0.122. The maximum absolute atomic E-state index is 12.6. The molecule has 0 bridgehead atoms. The highest BCUT2D eigenvalue weighted by Gasteiger charge is 2.26. The molecule has 126 valence electrons. The van der Waals surface area contributed by atoms with Crippen LogP contribution in [0.3, 0.4) is 0 Å². The van der Waals surface area contributed by atoms with Gasteiger partial charge in [0.15, 0.2) is 0 Å². The molecule has 0 radical (unpaired) electrons. The molecule has 7 heteroatoms. The highest BCUT2D eigenvalue weighted by atomic mass is 35.5. The van der Waals surface area contributed by atoms with Gasteiger partial charge in [-0.2, -0.15) is 4.98 Å². The highest BCUT2D eigenvalue weighted by Crippen LogP contribution is 2.20. The molecule has 1 atom stereocenters. The van der Waals surface area contributed by atoms with E-state index in [2.05, 4.69) is 9.97 Å². The van der Waals surface area contributed by atoms with Crippen molar-refractivity contribution in [2.45, 2.75) is 18.9 Å². The maximum atomic E-state index is 12.6. The molecule has 0 aliphatic carbocycles. The standard InChI is InChI=1S/C17H18ClN3O3/c1-23-15-9-19-10-16(20-15)24-14-6-3-7-21(11-14)17(22)12-4-2-5-13(18)8-12/h2,4-5,8-10,14H,3,6-7,11H2,1H3. The van der Waals surface area contributed by atoms with Crippen molar-refractivity contribution in [1.29, 1.82) is 0 Å². The van der Waals surface area contributed by atoms with E-state index in [0.717, 1.165) is 12.8 Å². The Labute approximate surface area is 145 Å². The number of halogens is 1. The fourth-order valence-corrected chi connectivity index (χ4v) is 2.87. The molecule has 0 spiro atoms. The third-order valence-corrected chi connectivity index (χ3v) is 4.06. The van der Waals surface area contributed by atoms with Gasteiger partial charge in [0, 0.05) is 17.1 Å². The molecule has 1 saturated heterocycles. The van der Waals surface area contributed by atoms with E-state index >= 15 is 0 Å².